The van der Waals surface area contributed by atoms with E-state index < -0.39 is 48.6 Å². The first-order chi connectivity index (χ1) is 12.7. The third-order valence-electron chi connectivity index (χ3n) is 3.67. The van der Waals surface area contributed by atoms with Crippen LogP contribution in [0.2, 0.25) is 0 Å². The number of hydrogen-bond acceptors (Lipinski definition) is 4. The summed E-state index contributed by atoms with van der Waals surface area (Å²) in [5, 5.41) is -3.73. The Bertz CT molecular complexity index is 946. The fraction of sp³-hybridized carbons (Fsp3) is 0.316. The summed E-state index contributed by atoms with van der Waals surface area (Å²) in [6.45, 7) is 4.23. The molecule has 0 aromatic heterocycles. The number of halogens is 4. The van der Waals surface area contributed by atoms with Gasteiger partial charge in [0, 0.05) is 5.56 Å². The molecule has 0 aliphatic carbocycles. The van der Waals surface area contributed by atoms with Crippen LogP contribution in [0.15, 0.2) is 59.5 Å². The van der Waals surface area contributed by atoms with Crippen molar-refractivity contribution in [2.45, 2.75) is 42.4 Å². The molecule has 0 N–H and O–H groups in total. The van der Waals surface area contributed by atoms with Gasteiger partial charge in [-0.1, -0.05) is 30.3 Å². The lowest BCUT2D eigenvalue weighted by molar-refractivity contribution is -0.164. The van der Waals surface area contributed by atoms with Gasteiger partial charge in [-0.25, -0.2) is 17.6 Å². The smallest absolute Gasteiger partial charge is 0.416 e. The highest BCUT2D eigenvalue weighted by molar-refractivity contribution is 7.93. The van der Waals surface area contributed by atoms with Gasteiger partial charge in [-0.2, -0.15) is 13.2 Å². The van der Waals surface area contributed by atoms with Crippen LogP contribution in [0, 0.1) is 0 Å². The number of hydrogen-bond donors (Lipinski definition) is 0. The summed E-state index contributed by atoms with van der Waals surface area (Å²) in [5.41, 5.74) is -3.12. The standard InChI is InChI=1S/C19H18F4O4S/c1-17(2,3)27-16(24)18(20,28(25,26)15-7-5-4-6-8-15)13-9-11-14(12-10-13)19(21,22)23/h4-12H,1-3H3. The Morgan fingerprint density at radius 2 is 1.29 bits per heavy atom. The number of alkyl halides is 4. The summed E-state index contributed by atoms with van der Waals surface area (Å²) < 4.78 is 85.3. The molecule has 0 bridgehead atoms. The summed E-state index contributed by atoms with van der Waals surface area (Å²) in [6, 6.07) is 8.56. The predicted octanol–water partition coefficient (Wildman–Crippen LogP) is 4.64. The molecule has 28 heavy (non-hydrogen) atoms. The van der Waals surface area contributed by atoms with Crippen molar-refractivity contribution in [3.05, 3.63) is 65.7 Å². The van der Waals surface area contributed by atoms with Gasteiger partial charge in [-0.05, 0) is 45.0 Å². The second kappa shape index (κ2) is 7.20. The predicted molar refractivity (Wildman–Crippen MR) is 93.7 cm³/mol. The van der Waals surface area contributed by atoms with E-state index in [1.54, 1.807) is 0 Å². The van der Waals surface area contributed by atoms with Gasteiger partial charge in [0.15, 0.2) is 0 Å². The van der Waals surface area contributed by atoms with E-state index in [1.807, 2.05) is 0 Å². The van der Waals surface area contributed by atoms with Crippen LogP contribution in [-0.2, 0) is 30.5 Å². The van der Waals surface area contributed by atoms with Crippen LogP contribution in [0.5, 0.6) is 0 Å². The molecule has 2 aromatic carbocycles. The zero-order chi connectivity index (χ0) is 21.4. The Labute approximate surface area is 160 Å². The molecule has 1 unspecified atom stereocenters. The first-order valence-corrected chi connectivity index (χ1v) is 9.58. The molecule has 0 saturated heterocycles. The number of rotatable bonds is 4. The maximum Gasteiger partial charge on any atom is 0.416 e. The quantitative estimate of drug-likeness (QED) is 0.536. The summed E-state index contributed by atoms with van der Waals surface area (Å²) in [4.78, 5) is 12.1. The van der Waals surface area contributed by atoms with Crippen molar-refractivity contribution in [1.82, 2.24) is 0 Å². The minimum atomic E-state index is -5.00. The van der Waals surface area contributed by atoms with Crippen molar-refractivity contribution in [2.24, 2.45) is 0 Å². The Morgan fingerprint density at radius 1 is 0.821 bits per heavy atom. The van der Waals surface area contributed by atoms with E-state index in [0.29, 0.717) is 24.3 Å². The van der Waals surface area contributed by atoms with Crippen LogP contribution in [0.3, 0.4) is 0 Å². The Hall–Kier alpha value is -2.42. The van der Waals surface area contributed by atoms with Crippen LogP contribution in [0.4, 0.5) is 17.6 Å². The highest BCUT2D eigenvalue weighted by Crippen LogP contribution is 2.40. The van der Waals surface area contributed by atoms with Crippen LogP contribution in [0.25, 0.3) is 0 Å². The first kappa shape index (κ1) is 21.9. The number of esters is 1. The van der Waals surface area contributed by atoms with Gasteiger partial charge < -0.3 is 4.74 Å². The summed E-state index contributed by atoms with van der Waals surface area (Å²) in [6.07, 6.45) is -4.71. The zero-order valence-electron chi connectivity index (χ0n) is 15.2. The number of carbonyl (C=O) groups is 1. The Morgan fingerprint density at radius 3 is 1.71 bits per heavy atom. The van der Waals surface area contributed by atoms with Crippen LogP contribution >= 0.6 is 0 Å². The van der Waals surface area contributed by atoms with Gasteiger partial charge in [0.2, 0.25) is 9.84 Å². The second-order valence-electron chi connectivity index (χ2n) is 6.99. The van der Waals surface area contributed by atoms with Crippen molar-refractivity contribution < 1.29 is 35.5 Å². The average molecular weight is 418 g/mol. The van der Waals surface area contributed by atoms with E-state index in [-0.39, 0.29) is 0 Å². The highest BCUT2D eigenvalue weighted by atomic mass is 32.2. The van der Waals surface area contributed by atoms with Crippen molar-refractivity contribution in [1.29, 1.82) is 0 Å². The monoisotopic (exact) mass is 418 g/mol. The number of ether oxygens (including phenoxy) is 1. The van der Waals surface area contributed by atoms with Gasteiger partial charge in [0.25, 0.3) is 0 Å². The third kappa shape index (κ3) is 4.19. The van der Waals surface area contributed by atoms with Crippen molar-refractivity contribution >= 4 is 15.8 Å². The van der Waals surface area contributed by atoms with E-state index in [1.165, 1.54) is 39.0 Å². The van der Waals surface area contributed by atoms with Crippen LogP contribution in [0.1, 0.15) is 31.9 Å². The lowest BCUT2D eigenvalue weighted by Crippen LogP contribution is -2.44. The highest BCUT2D eigenvalue weighted by Gasteiger charge is 2.56. The van der Waals surface area contributed by atoms with Gasteiger partial charge >= 0.3 is 17.1 Å². The van der Waals surface area contributed by atoms with E-state index >= 15 is 4.39 Å². The summed E-state index contributed by atoms with van der Waals surface area (Å²) in [5.74, 6) is -1.73. The fourth-order valence-electron chi connectivity index (χ4n) is 2.36. The molecule has 0 aliphatic rings. The number of carbonyl (C=O) groups excluding carboxylic acids is 1. The van der Waals surface area contributed by atoms with E-state index in [0.717, 1.165) is 12.1 Å². The normalized spacial score (nSPS) is 15.0. The minimum Gasteiger partial charge on any atom is -0.457 e. The second-order valence-corrected chi connectivity index (χ2v) is 9.03. The molecule has 1 atom stereocenters. The van der Waals surface area contributed by atoms with Crippen LogP contribution < -0.4 is 0 Å². The van der Waals surface area contributed by atoms with Gasteiger partial charge in [0.1, 0.15) is 5.60 Å². The molecule has 0 spiro atoms. The zero-order valence-corrected chi connectivity index (χ0v) is 16.1. The lowest BCUT2D eigenvalue weighted by atomic mass is 10.1. The van der Waals surface area contributed by atoms with Crippen molar-refractivity contribution in [2.75, 3.05) is 0 Å². The third-order valence-corrected chi connectivity index (χ3v) is 5.70. The minimum absolute atomic E-state index is 0.508. The van der Waals surface area contributed by atoms with E-state index in [9.17, 15) is 26.4 Å². The molecule has 152 valence electrons. The largest absolute Gasteiger partial charge is 0.457 e. The summed E-state index contributed by atoms with van der Waals surface area (Å²) in [7, 11) is -5.00. The summed E-state index contributed by atoms with van der Waals surface area (Å²) >= 11 is 0. The van der Waals surface area contributed by atoms with Crippen molar-refractivity contribution in [3.8, 4) is 0 Å². The van der Waals surface area contributed by atoms with Gasteiger partial charge in [-0.15, -0.1) is 0 Å². The van der Waals surface area contributed by atoms with Gasteiger partial charge in [0.05, 0.1) is 10.5 Å². The Balaban J connectivity index is 2.68. The maximum absolute atomic E-state index is 16.0. The van der Waals surface area contributed by atoms with Crippen LogP contribution in [-0.4, -0.2) is 20.0 Å². The molecular formula is C19H18F4O4S. The number of sulfone groups is 1. The van der Waals surface area contributed by atoms with Gasteiger partial charge in [-0.3, -0.25) is 0 Å². The molecular weight excluding hydrogens is 400 g/mol. The molecule has 9 heteroatoms. The SMILES string of the molecule is CC(C)(C)OC(=O)C(F)(c1ccc(C(F)(F)F)cc1)S(=O)(=O)c1ccccc1. The molecule has 0 aliphatic heterocycles. The molecule has 2 rings (SSSR count). The molecule has 0 amide bonds. The molecule has 0 saturated carbocycles. The molecule has 0 radical (unpaired) electrons. The molecule has 2 aromatic rings. The molecule has 0 fully saturated rings. The lowest BCUT2D eigenvalue weighted by Gasteiger charge is -2.28. The van der Waals surface area contributed by atoms with E-state index in [2.05, 4.69) is 0 Å². The molecule has 4 nitrogen and oxygen atoms in total. The first-order valence-electron chi connectivity index (χ1n) is 8.09. The average Bonchev–Trinajstić information content (AvgIpc) is 2.59. The maximum atomic E-state index is 16.0. The number of benzene rings is 2. The fourth-order valence-corrected chi connectivity index (χ4v) is 3.91. The van der Waals surface area contributed by atoms with Crippen molar-refractivity contribution in [3.63, 3.8) is 0 Å². The van der Waals surface area contributed by atoms with E-state index in [4.69, 9.17) is 4.74 Å². The topological polar surface area (TPSA) is 60.4 Å². The Kier molecular flexibility index (Phi) is 5.62. The molecule has 0 heterocycles.